The fourth-order valence-electron chi connectivity index (χ4n) is 7.01. The van der Waals surface area contributed by atoms with Gasteiger partial charge in [0.05, 0.1) is 17.2 Å². The van der Waals surface area contributed by atoms with Gasteiger partial charge in [0.25, 0.3) is 0 Å². The molecule has 0 amide bonds. The molecule has 3 saturated heterocycles. The van der Waals surface area contributed by atoms with Gasteiger partial charge in [0.1, 0.15) is 5.75 Å². The summed E-state index contributed by atoms with van der Waals surface area (Å²) >= 11 is 0. The van der Waals surface area contributed by atoms with Crippen LogP contribution in [0.15, 0.2) is 18.2 Å². The summed E-state index contributed by atoms with van der Waals surface area (Å²) in [4.78, 5) is 2.82. The quantitative estimate of drug-likeness (QED) is 0.887. The van der Waals surface area contributed by atoms with Gasteiger partial charge in [0.15, 0.2) is 0 Å². The molecule has 1 saturated carbocycles. The van der Waals surface area contributed by atoms with Gasteiger partial charge in [0.2, 0.25) is 0 Å². The van der Waals surface area contributed by atoms with Crippen LogP contribution in [0.25, 0.3) is 0 Å². The highest BCUT2D eigenvalue weighted by Crippen LogP contribution is 2.66. The van der Waals surface area contributed by atoms with Crippen molar-refractivity contribution < 1.29 is 9.84 Å². The van der Waals surface area contributed by atoms with E-state index in [0.717, 1.165) is 25.2 Å². The molecule has 5 aliphatic rings. The maximum Gasteiger partial charge on any atom is 0.115 e. The van der Waals surface area contributed by atoms with E-state index in [1.165, 1.54) is 43.5 Å². The molecule has 0 aromatic heterocycles. The fourth-order valence-corrected chi connectivity index (χ4v) is 7.01. The molecule has 134 valence electrons. The van der Waals surface area contributed by atoms with E-state index in [2.05, 4.69) is 11.0 Å². The van der Waals surface area contributed by atoms with Gasteiger partial charge in [-0.2, -0.15) is 0 Å². The summed E-state index contributed by atoms with van der Waals surface area (Å²) in [5.41, 5.74) is 9.14. The third-order valence-electron chi connectivity index (χ3n) is 8.09. The normalized spacial score (nSPS) is 44.6. The molecular weight excluding hydrogens is 312 g/mol. The minimum atomic E-state index is -0.138. The molecule has 2 aliphatic carbocycles. The molecule has 4 nitrogen and oxygen atoms in total. The van der Waals surface area contributed by atoms with Gasteiger partial charge < -0.3 is 15.6 Å². The number of nitrogens with zero attached hydrogens (tertiary/aromatic N) is 1. The average molecular weight is 340 g/mol. The van der Waals surface area contributed by atoms with Crippen LogP contribution < -0.4 is 5.73 Å². The third-order valence-corrected chi connectivity index (χ3v) is 8.09. The number of fused-ring (bicyclic) bond motifs is 4. The first-order chi connectivity index (χ1) is 12.2. The minimum absolute atomic E-state index is 0.138. The number of rotatable bonds is 3. The number of likely N-dealkylation sites (tertiary alicyclic amines) is 1. The molecule has 3 N–H and O–H groups in total. The summed E-state index contributed by atoms with van der Waals surface area (Å²) in [5.74, 6) is 2.28. The van der Waals surface area contributed by atoms with Gasteiger partial charge in [0, 0.05) is 19.0 Å². The van der Waals surface area contributed by atoms with Crippen LogP contribution in [0.4, 0.5) is 0 Å². The van der Waals surface area contributed by atoms with Crippen LogP contribution in [-0.4, -0.2) is 46.9 Å². The van der Waals surface area contributed by atoms with Crippen molar-refractivity contribution in [2.75, 3.05) is 19.6 Å². The highest BCUT2D eigenvalue weighted by molar-refractivity contribution is 5.46. The van der Waals surface area contributed by atoms with Crippen molar-refractivity contribution in [3.63, 3.8) is 0 Å². The summed E-state index contributed by atoms with van der Waals surface area (Å²) < 4.78 is 6.73. The Morgan fingerprint density at radius 2 is 2.12 bits per heavy atom. The van der Waals surface area contributed by atoms with E-state index < -0.39 is 0 Å². The van der Waals surface area contributed by atoms with Gasteiger partial charge in [-0.25, -0.2) is 0 Å². The molecule has 4 unspecified atom stereocenters. The van der Waals surface area contributed by atoms with E-state index >= 15 is 0 Å². The fraction of sp³-hybridized carbons (Fsp3) is 0.714. The van der Waals surface area contributed by atoms with Crippen LogP contribution >= 0.6 is 0 Å². The predicted molar refractivity (Wildman–Crippen MR) is 95.6 cm³/mol. The van der Waals surface area contributed by atoms with Gasteiger partial charge in [-0.15, -0.1) is 0 Å². The van der Waals surface area contributed by atoms with Gasteiger partial charge in [-0.3, -0.25) is 4.90 Å². The van der Waals surface area contributed by atoms with E-state index in [1.807, 2.05) is 12.1 Å². The molecule has 1 aromatic rings. The number of hydrogen-bond donors (Lipinski definition) is 2. The van der Waals surface area contributed by atoms with Crippen LogP contribution in [0.5, 0.6) is 5.75 Å². The number of ether oxygens (including phenoxy) is 1. The predicted octanol–water partition coefficient (Wildman–Crippen LogP) is 2.39. The van der Waals surface area contributed by atoms with E-state index in [4.69, 9.17) is 10.5 Å². The van der Waals surface area contributed by atoms with Crippen molar-refractivity contribution in [1.82, 2.24) is 4.90 Å². The van der Waals surface area contributed by atoms with Crippen molar-refractivity contribution >= 4 is 0 Å². The van der Waals surface area contributed by atoms with E-state index in [0.29, 0.717) is 30.2 Å². The lowest BCUT2D eigenvalue weighted by molar-refractivity contribution is -0.0535. The lowest BCUT2D eigenvalue weighted by Gasteiger charge is -2.60. The Kier molecular flexibility index (Phi) is 2.87. The highest BCUT2D eigenvalue weighted by atomic mass is 16.5. The van der Waals surface area contributed by atoms with E-state index in [1.54, 1.807) is 0 Å². The zero-order valence-corrected chi connectivity index (χ0v) is 14.8. The van der Waals surface area contributed by atoms with E-state index in [9.17, 15) is 5.11 Å². The molecule has 1 aromatic carbocycles. The number of phenolic OH excluding ortho intramolecular Hbond substituents is 1. The maximum atomic E-state index is 10.1. The molecule has 4 heteroatoms. The summed E-state index contributed by atoms with van der Waals surface area (Å²) in [7, 11) is 0. The Morgan fingerprint density at radius 1 is 1.24 bits per heavy atom. The molecule has 0 radical (unpaired) electrons. The Bertz CT molecular complexity index is 733. The zero-order valence-electron chi connectivity index (χ0n) is 14.8. The first-order valence-electron chi connectivity index (χ1n) is 10.1. The van der Waals surface area contributed by atoms with Crippen molar-refractivity contribution in [3.05, 3.63) is 29.3 Å². The number of hydrogen-bond acceptors (Lipinski definition) is 4. The number of aromatic hydroxyl groups is 1. The van der Waals surface area contributed by atoms with Crippen LogP contribution in [-0.2, 0) is 11.2 Å². The number of piperidine rings is 1. The number of benzene rings is 1. The summed E-state index contributed by atoms with van der Waals surface area (Å²) in [6.45, 7) is 3.06. The molecule has 6 rings (SSSR count). The Morgan fingerprint density at radius 3 is 2.92 bits per heavy atom. The molecule has 4 bridgehead atoms. The number of nitrogens with two attached hydrogens (primary N) is 1. The first-order valence-corrected chi connectivity index (χ1v) is 10.1. The lowest BCUT2D eigenvalue weighted by Crippen LogP contribution is -2.70. The second kappa shape index (κ2) is 4.79. The van der Waals surface area contributed by atoms with Crippen LogP contribution in [0.2, 0.25) is 0 Å². The zero-order chi connectivity index (χ0) is 16.8. The number of phenols is 1. The van der Waals surface area contributed by atoms with E-state index in [-0.39, 0.29) is 11.1 Å². The maximum absolute atomic E-state index is 10.1. The van der Waals surface area contributed by atoms with Crippen LogP contribution in [0, 0.1) is 11.8 Å². The average Bonchev–Trinajstić information content (AvgIpc) is 3.25. The van der Waals surface area contributed by atoms with Crippen molar-refractivity contribution in [2.45, 2.75) is 61.7 Å². The topological polar surface area (TPSA) is 58.7 Å². The van der Waals surface area contributed by atoms with Crippen molar-refractivity contribution in [1.29, 1.82) is 0 Å². The molecule has 5 atom stereocenters. The molecular formula is C21H28N2O2. The second-order valence-corrected chi connectivity index (χ2v) is 9.23. The summed E-state index contributed by atoms with van der Waals surface area (Å²) in [6.07, 6.45) is 7.66. The largest absolute Gasteiger partial charge is 0.508 e. The molecule has 4 fully saturated rings. The summed E-state index contributed by atoms with van der Waals surface area (Å²) in [6, 6.07) is 6.05. The smallest absolute Gasteiger partial charge is 0.115 e. The molecule has 3 aliphatic heterocycles. The Hall–Kier alpha value is -1.10. The minimum Gasteiger partial charge on any atom is -0.508 e. The van der Waals surface area contributed by atoms with Gasteiger partial charge in [-0.05, 0) is 80.2 Å². The summed E-state index contributed by atoms with van der Waals surface area (Å²) in [5, 5.41) is 10.1. The van der Waals surface area contributed by atoms with Gasteiger partial charge in [-0.1, -0.05) is 6.07 Å². The standard InChI is InChI=1S/C21H28N2O2/c22-12-20-7-5-18(25-20)21-10-14-3-4-15(24)9-17(14)16(19(20)21)6-8-23(21)11-13-1-2-13/h3-4,9,13,16,18-19,24H,1-2,5-8,10-12,22H2/t16?,18?,19?,20-,21?/m0/s1. The van der Waals surface area contributed by atoms with Crippen molar-refractivity contribution in [2.24, 2.45) is 17.6 Å². The SMILES string of the molecule is NC[C@]12CCC(O1)C13Cc4ccc(O)cc4C(CCN1CC1CC1)C32. The second-order valence-electron chi connectivity index (χ2n) is 9.23. The molecule has 25 heavy (non-hydrogen) atoms. The van der Waals surface area contributed by atoms with Crippen molar-refractivity contribution in [3.8, 4) is 5.75 Å². The highest BCUT2D eigenvalue weighted by Gasteiger charge is 2.72. The molecule has 0 spiro atoms. The first kappa shape index (κ1) is 15.0. The lowest BCUT2D eigenvalue weighted by atomic mass is 9.52. The van der Waals surface area contributed by atoms with Crippen LogP contribution in [0.3, 0.4) is 0 Å². The monoisotopic (exact) mass is 340 g/mol. The van der Waals surface area contributed by atoms with Crippen LogP contribution in [0.1, 0.15) is 49.1 Å². The Labute approximate surface area is 149 Å². The Balaban J connectivity index is 1.53. The molecule has 3 heterocycles. The van der Waals surface area contributed by atoms with Gasteiger partial charge >= 0.3 is 0 Å². The third kappa shape index (κ3) is 1.78.